The van der Waals surface area contributed by atoms with Crippen LogP contribution in [0.1, 0.15) is 5.56 Å². The van der Waals surface area contributed by atoms with E-state index >= 15 is 0 Å². The van der Waals surface area contributed by atoms with Gasteiger partial charge in [-0.3, -0.25) is 0 Å². The molecule has 19 heavy (non-hydrogen) atoms. The monoisotopic (exact) mass is 312 g/mol. The highest BCUT2D eigenvalue weighted by molar-refractivity contribution is 7.98. The van der Waals surface area contributed by atoms with E-state index in [0.717, 1.165) is 20.7 Å². The molecule has 0 aliphatic rings. The van der Waals surface area contributed by atoms with Crippen molar-refractivity contribution < 1.29 is 16.9 Å². The van der Waals surface area contributed by atoms with E-state index in [1.54, 1.807) is 23.1 Å². The van der Waals surface area contributed by atoms with Gasteiger partial charge in [0.1, 0.15) is 0 Å². The van der Waals surface area contributed by atoms with Crippen molar-refractivity contribution in [2.24, 2.45) is 7.05 Å². The van der Waals surface area contributed by atoms with Gasteiger partial charge in [-0.05, 0) is 24.5 Å². The highest BCUT2D eigenvalue weighted by atomic mass is 35.5. The third kappa shape index (κ3) is 2.48. The Hall–Kier alpha value is -1.11. The second-order valence-electron chi connectivity index (χ2n) is 4.08. The maximum atomic E-state index is 4.64. The van der Waals surface area contributed by atoms with Gasteiger partial charge < -0.3 is 12.4 Å². The standard InChI is InChI=1S/C12H13N4S2.ClH/c1-8-4-6-9(7-5-8)10-13-16-11(17-3)14-15(2)12(16)18-10;/h4-7H,1-3H3;1H/q+1;/p-1. The summed E-state index contributed by atoms with van der Waals surface area (Å²) in [4.78, 5) is 1.05. The fraction of sp³-hybridized carbons (Fsp3) is 0.250. The van der Waals surface area contributed by atoms with Crippen molar-refractivity contribution >= 4 is 28.1 Å². The molecule has 7 heteroatoms. The Balaban J connectivity index is 0.00000133. The topological polar surface area (TPSA) is 34.8 Å². The van der Waals surface area contributed by atoms with Gasteiger partial charge in [-0.15, -0.1) is 0 Å². The number of hydrogen-bond acceptors (Lipinski definition) is 4. The first kappa shape index (κ1) is 14.3. The van der Waals surface area contributed by atoms with E-state index in [2.05, 4.69) is 41.4 Å². The summed E-state index contributed by atoms with van der Waals surface area (Å²) in [6.45, 7) is 2.09. The normalized spacial score (nSPS) is 10.7. The van der Waals surface area contributed by atoms with E-state index in [1.807, 2.05) is 22.5 Å². The molecule has 0 aliphatic heterocycles. The zero-order chi connectivity index (χ0) is 12.7. The number of rotatable bonds is 2. The minimum Gasteiger partial charge on any atom is -1.00 e. The first-order valence-electron chi connectivity index (χ1n) is 5.56. The molecule has 0 N–H and O–H groups in total. The Kier molecular flexibility index (Phi) is 4.13. The van der Waals surface area contributed by atoms with Gasteiger partial charge in [-0.2, -0.15) is 0 Å². The molecule has 2 aromatic heterocycles. The zero-order valence-electron chi connectivity index (χ0n) is 10.8. The van der Waals surface area contributed by atoms with Crippen LogP contribution < -0.4 is 16.9 Å². The number of nitrogens with zero attached hydrogens (tertiary/aromatic N) is 4. The summed E-state index contributed by atoms with van der Waals surface area (Å²) in [5, 5.41) is 11.0. The van der Waals surface area contributed by atoms with Gasteiger partial charge in [-0.25, -0.2) is 0 Å². The Morgan fingerprint density at radius 2 is 1.95 bits per heavy atom. The SMILES string of the molecule is CSc1nn(C)c2sc(-c3ccc(C)cc3)n[n+]12.[Cl-]. The lowest BCUT2D eigenvalue weighted by atomic mass is 10.2. The molecular formula is C12H13ClN4S2. The summed E-state index contributed by atoms with van der Waals surface area (Å²) in [7, 11) is 1.95. The van der Waals surface area contributed by atoms with Crippen molar-refractivity contribution in [1.82, 2.24) is 14.9 Å². The third-order valence-electron chi connectivity index (χ3n) is 2.73. The number of benzene rings is 1. The molecule has 100 valence electrons. The minimum absolute atomic E-state index is 0. The second-order valence-corrected chi connectivity index (χ2v) is 5.81. The van der Waals surface area contributed by atoms with E-state index in [0.29, 0.717) is 0 Å². The van der Waals surface area contributed by atoms with Crippen LogP contribution in [0.2, 0.25) is 0 Å². The molecule has 0 amide bonds. The average Bonchev–Trinajstić information content (AvgIpc) is 2.91. The zero-order valence-corrected chi connectivity index (χ0v) is 13.2. The molecule has 3 rings (SSSR count). The summed E-state index contributed by atoms with van der Waals surface area (Å²) in [6, 6.07) is 8.44. The van der Waals surface area contributed by atoms with E-state index in [4.69, 9.17) is 0 Å². The van der Waals surface area contributed by atoms with Crippen LogP contribution in [-0.2, 0) is 7.05 Å². The lowest BCUT2D eigenvalue weighted by Gasteiger charge is -1.94. The van der Waals surface area contributed by atoms with E-state index < -0.39 is 0 Å². The third-order valence-corrected chi connectivity index (χ3v) is 4.48. The first-order chi connectivity index (χ1) is 8.69. The molecule has 3 aromatic rings. The van der Waals surface area contributed by atoms with Crippen LogP contribution in [0, 0.1) is 6.92 Å². The predicted molar refractivity (Wildman–Crippen MR) is 74.0 cm³/mol. The molecule has 1 aromatic carbocycles. The molecule has 0 atom stereocenters. The molecule has 0 bridgehead atoms. The lowest BCUT2D eigenvalue weighted by molar-refractivity contribution is -0.616. The van der Waals surface area contributed by atoms with Crippen LogP contribution in [0.15, 0.2) is 29.4 Å². The van der Waals surface area contributed by atoms with Crippen molar-refractivity contribution in [3.63, 3.8) is 0 Å². The molecule has 0 radical (unpaired) electrons. The molecule has 0 saturated carbocycles. The number of thioether (sulfide) groups is 1. The van der Waals surface area contributed by atoms with Crippen LogP contribution in [-0.4, -0.2) is 21.1 Å². The minimum atomic E-state index is 0. The number of aromatic nitrogens is 4. The second kappa shape index (κ2) is 5.48. The quantitative estimate of drug-likeness (QED) is 0.464. The van der Waals surface area contributed by atoms with E-state index in [9.17, 15) is 0 Å². The average molecular weight is 313 g/mol. The van der Waals surface area contributed by atoms with Crippen molar-refractivity contribution in [1.29, 1.82) is 0 Å². The van der Waals surface area contributed by atoms with Crippen molar-refractivity contribution in [3.05, 3.63) is 29.8 Å². The predicted octanol–water partition coefficient (Wildman–Crippen LogP) is -0.683. The van der Waals surface area contributed by atoms with Gasteiger partial charge in [0.05, 0.1) is 12.1 Å². The lowest BCUT2D eigenvalue weighted by Crippen LogP contribution is -3.00. The summed E-state index contributed by atoms with van der Waals surface area (Å²) >= 11 is 3.26. The summed E-state index contributed by atoms with van der Waals surface area (Å²) in [6.07, 6.45) is 2.01. The van der Waals surface area contributed by atoms with Crippen molar-refractivity contribution in [2.75, 3.05) is 6.26 Å². The Labute approximate surface area is 125 Å². The Morgan fingerprint density at radius 3 is 2.58 bits per heavy atom. The van der Waals surface area contributed by atoms with E-state index in [1.165, 1.54) is 5.56 Å². The number of hydrogen-bond donors (Lipinski definition) is 0. The van der Waals surface area contributed by atoms with Gasteiger partial charge >= 0.3 is 10.1 Å². The van der Waals surface area contributed by atoms with Crippen molar-refractivity contribution in [2.45, 2.75) is 12.1 Å². The summed E-state index contributed by atoms with van der Waals surface area (Å²) < 4.78 is 3.78. The van der Waals surface area contributed by atoms with Crippen molar-refractivity contribution in [3.8, 4) is 10.6 Å². The highest BCUT2D eigenvalue weighted by Crippen LogP contribution is 2.24. The smallest absolute Gasteiger partial charge is 0.361 e. The number of halogens is 1. The van der Waals surface area contributed by atoms with Gasteiger partial charge in [0.15, 0.2) is 5.01 Å². The molecule has 0 saturated heterocycles. The van der Waals surface area contributed by atoms with Crippen LogP contribution in [0.3, 0.4) is 0 Å². The maximum Gasteiger partial charge on any atom is 0.361 e. The number of aryl methyl sites for hydroxylation is 2. The highest BCUT2D eigenvalue weighted by Gasteiger charge is 2.22. The van der Waals surface area contributed by atoms with E-state index in [-0.39, 0.29) is 12.4 Å². The fourth-order valence-electron chi connectivity index (χ4n) is 1.76. The molecule has 0 spiro atoms. The van der Waals surface area contributed by atoms with Crippen LogP contribution in [0.4, 0.5) is 0 Å². The molecule has 4 nitrogen and oxygen atoms in total. The molecule has 2 heterocycles. The van der Waals surface area contributed by atoms with Crippen LogP contribution >= 0.6 is 23.1 Å². The van der Waals surface area contributed by atoms with Crippen LogP contribution in [0.25, 0.3) is 15.5 Å². The largest absolute Gasteiger partial charge is 1.00 e. The van der Waals surface area contributed by atoms with Gasteiger partial charge in [0.25, 0.3) is 0 Å². The van der Waals surface area contributed by atoms with Gasteiger partial charge in [-0.1, -0.05) is 55.9 Å². The maximum absolute atomic E-state index is 4.64. The molecule has 0 aliphatic carbocycles. The summed E-state index contributed by atoms with van der Waals surface area (Å²) in [5.41, 5.74) is 2.42. The molecule has 0 unspecified atom stereocenters. The summed E-state index contributed by atoms with van der Waals surface area (Å²) in [5.74, 6) is 0. The number of fused-ring (bicyclic) bond motifs is 1. The first-order valence-corrected chi connectivity index (χ1v) is 7.60. The van der Waals surface area contributed by atoms with Crippen LogP contribution in [0.5, 0.6) is 0 Å². The van der Waals surface area contributed by atoms with Gasteiger partial charge in [0, 0.05) is 5.56 Å². The Morgan fingerprint density at radius 1 is 1.26 bits per heavy atom. The molecule has 0 fully saturated rings. The van der Waals surface area contributed by atoms with Gasteiger partial charge in [0.2, 0.25) is 0 Å². The Bertz CT molecular complexity index is 702. The molecular weight excluding hydrogens is 300 g/mol. The fourth-order valence-corrected chi connectivity index (χ4v) is 3.26.